The number of thioether (sulfide) groups is 1. The van der Waals surface area contributed by atoms with Crippen molar-refractivity contribution in [3.05, 3.63) is 65.2 Å². The van der Waals surface area contributed by atoms with Gasteiger partial charge in [0.1, 0.15) is 12.6 Å². The molecule has 0 radical (unpaired) electrons. The molecule has 5 nitrogen and oxygen atoms in total. The number of hydrogen-bond donors (Lipinski definition) is 1. The van der Waals surface area contributed by atoms with Gasteiger partial charge in [0.05, 0.1) is 5.88 Å². The summed E-state index contributed by atoms with van der Waals surface area (Å²) in [5.41, 5.74) is 3.74. The maximum Gasteiger partial charge on any atom is 0.411 e. The highest BCUT2D eigenvalue weighted by atomic mass is 32.2. The van der Waals surface area contributed by atoms with Crippen LogP contribution in [0.3, 0.4) is 0 Å². The number of hydrogen-bond acceptors (Lipinski definition) is 4. The molecule has 26 heavy (non-hydrogen) atoms. The molecular formula is C20H22N2O3S. The van der Waals surface area contributed by atoms with E-state index < -0.39 is 12.1 Å². The first-order chi connectivity index (χ1) is 12.6. The lowest BCUT2D eigenvalue weighted by atomic mass is 10.1. The van der Waals surface area contributed by atoms with Gasteiger partial charge >= 0.3 is 6.09 Å². The second-order valence-corrected chi connectivity index (χ2v) is 7.28. The smallest absolute Gasteiger partial charge is 0.411 e. The Kier molecular flexibility index (Phi) is 5.83. The third-order valence-corrected chi connectivity index (χ3v) is 5.37. The molecule has 1 fully saturated rings. The van der Waals surface area contributed by atoms with Crippen LogP contribution in [0.2, 0.25) is 0 Å². The maximum atomic E-state index is 12.7. The van der Waals surface area contributed by atoms with Gasteiger partial charge < -0.3 is 10.1 Å². The van der Waals surface area contributed by atoms with Gasteiger partial charge in [-0.2, -0.15) is 0 Å². The van der Waals surface area contributed by atoms with Gasteiger partial charge in [-0.15, -0.1) is 11.8 Å². The van der Waals surface area contributed by atoms with Crippen LogP contribution in [0.15, 0.2) is 48.5 Å². The molecule has 0 unspecified atom stereocenters. The van der Waals surface area contributed by atoms with E-state index in [0.717, 1.165) is 22.4 Å². The molecule has 1 atom stereocenters. The minimum absolute atomic E-state index is 0.177. The topological polar surface area (TPSA) is 58.6 Å². The molecule has 0 bridgehead atoms. The van der Waals surface area contributed by atoms with Crippen LogP contribution < -0.4 is 5.32 Å². The summed E-state index contributed by atoms with van der Waals surface area (Å²) < 4.78 is 5.38. The number of nitrogens with one attached hydrogen (secondary N) is 1. The Morgan fingerprint density at radius 2 is 1.81 bits per heavy atom. The number of aryl methyl sites for hydroxylation is 2. The van der Waals surface area contributed by atoms with E-state index in [1.54, 1.807) is 11.8 Å². The van der Waals surface area contributed by atoms with E-state index in [2.05, 4.69) is 5.32 Å². The van der Waals surface area contributed by atoms with Gasteiger partial charge in [0.2, 0.25) is 5.91 Å². The van der Waals surface area contributed by atoms with E-state index in [4.69, 9.17) is 4.74 Å². The van der Waals surface area contributed by atoms with Gasteiger partial charge in [-0.3, -0.25) is 9.69 Å². The van der Waals surface area contributed by atoms with Crippen molar-refractivity contribution < 1.29 is 14.3 Å². The Balaban J connectivity index is 1.63. The summed E-state index contributed by atoms with van der Waals surface area (Å²) in [5.74, 6) is 0.847. The molecule has 1 N–H and O–H groups in total. The van der Waals surface area contributed by atoms with Gasteiger partial charge in [0, 0.05) is 11.4 Å². The van der Waals surface area contributed by atoms with Crippen molar-refractivity contribution in [2.45, 2.75) is 26.5 Å². The molecule has 0 saturated carbocycles. The number of carbonyl (C=O) groups excluding carboxylic acids is 2. The van der Waals surface area contributed by atoms with Crippen LogP contribution in [-0.4, -0.2) is 34.6 Å². The third-order valence-electron chi connectivity index (χ3n) is 4.35. The van der Waals surface area contributed by atoms with E-state index in [1.165, 1.54) is 4.90 Å². The largest absolute Gasteiger partial charge is 0.445 e. The van der Waals surface area contributed by atoms with Gasteiger partial charge in [-0.1, -0.05) is 48.5 Å². The summed E-state index contributed by atoms with van der Waals surface area (Å²) >= 11 is 1.55. The summed E-state index contributed by atoms with van der Waals surface area (Å²) in [4.78, 5) is 26.7. The summed E-state index contributed by atoms with van der Waals surface area (Å²) in [5, 5.41) is 2.98. The van der Waals surface area contributed by atoms with Crippen molar-refractivity contribution in [3.8, 4) is 0 Å². The van der Waals surface area contributed by atoms with E-state index in [1.807, 2.05) is 62.4 Å². The Morgan fingerprint density at radius 1 is 1.12 bits per heavy atom. The number of nitrogens with zero attached hydrogens (tertiary/aromatic N) is 1. The predicted molar refractivity (Wildman–Crippen MR) is 104 cm³/mol. The first-order valence-corrected chi connectivity index (χ1v) is 9.64. The van der Waals surface area contributed by atoms with E-state index in [9.17, 15) is 9.59 Å². The SMILES string of the molecule is Cc1cccc(C)c1NC(=O)[C@@H]1CSCN1C(=O)OCc1ccccc1. The number of para-hydroxylation sites is 1. The van der Waals surface area contributed by atoms with Crippen molar-refractivity contribution in [2.24, 2.45) is 0 Å². The number of carbonyl (C=O) groups is 2. The molecule has 1 aliphatic heterocycles. The summed E-state index contributed by atoms with van der Waals surface area (Å²) in [7, 11) is 0. The highest BCUT2D eigenvalue weighted by molar-refractivity contribution is 7.99. The summed E-state index contributed by atoms with van der Waals surface area (Å²) in [6.45, 7) is 4.11. The summed E-state index contributed by atoms with van der Waals surface area (Å²) in [6.07, 6.45) is -0.458. The van der Waals surface area contributed by atoms with Crippen LogP contribution >= 0.6 is 11.8 Å². The Bertz CT molecular complexity index is 775. The average molecular weight is 370 g/mol. The number of ether oxygens (including phenoxy) is 1. The number of rotatable bonds is 4. The number of amides is 2. The lowest BCUT2D eigenvalue weighted by molar-refractivity contribution is -0.119. The average Bonchev–Trinajstić information content (AvgIpc) is 3.13. The fraction of sp³-hybridized carbons (Fsp3) is 0.300. The molecule has 3 rings (SSSR count). The van der Waals surface area contributed by atoms with Gasteiger partial charge in [-0.25, -0.2) is 4.79 Å². The minimum atomic E-state index is -0.526. The zero-order chi connectivity index (χ0) is 18.5. The molecule has 6 heteroatoms. The van der Waals surface area contributed by atoms with E-state index >= 15 is 0 Å². The minimum Gasteiger partial charge on any atom is -0.445 e. The maximum absolute atomic E-state index is 12.7. The van der Waals surface area contributed by atoms with Crippen LogP contribution in [0.1, 0.15) is 16.7 Å². The molecular weight excluding hydrogens is 348 g/mol. The highest BCUT2D eigenvalue weighted by Crippen LogP contribution is 2.25. The lowest BCUT2D eigenvalue weighted by Gasteiger charge is -2.23. The second-order valence-electron chi connectivity index (χ2n) is 6.28. The fourth-order valence-electron chi connectivity index (χ4n) is 2.86. The first kappa shape index (κ1) is 18.3. The van der Waals surface area contributed by atoms with Gasteiger partial charge in [-0.05, 0) is 30.5 Å². The van der Waals surface area contributed by atoms with Crippen LogP contribution in [-0.2, 0) is 16.1 Å². The van der Waals surface area contributed by atoms with Gasteiger partial charge in [0.25, 0.3) is 0 Å². The number of benzene rings is 2. The molecule has 0 aromatic heterocycles. The van der Waals surface area contributed by atoms with Crippen molar-refractivity contribution in [1.82, 2.24) is 4.90 Å². The summed E-state index contributed by atoms with van der Waals surface area (Å²) in [6, 6.07) is 14.9. The molecule has 1 aliphatic rings. The molecule has 136 valence electrons. The first-order valence-electron chi connectivity index (χ1n) is 8.48. The lowest BCUT2D eigenvalue weighted by Crippen LogP contribution is -2.44. The zero-order valence-electron chi connectivity index (χ0n) is 14.9. The normalized spacial score (nSPS) is 16.4. The third kappa shape index (κ3) is 4.19. The monoisotopic (exact) mass is 370 g/mol. The quantitative estimate of drug-likeness (QED) is 0.885. The molecule has 2 aromatic rings. The predicted octanol–water partition coefficient (Wildman–Crippen LogP) is 3.95. The molecule has 2 amide bonds. The fourth-order valence-corrected chi connectivity index (χ4v) is 4.00. The van der Waals surface area contributed by atoms with Crippen LogP contribution in [0.5, 0.6) is 0 Å². The van der Waals surface area contributed by atoms with Crippen molar-refractivity contribution in [2.75, 3.05) is 16.9 Å². The zero-order valence-corrected chi connectivity index (χ0v) is 15.7. The molecule has 0 spiro atoms. The van der Waals surface area contributed by atoms with Crippen molar-refractivity contribution in [1.29, 1.82) is 0 Å². The molecule has 1 heterocycles. The molecule has 0 aliphatic carbocycles. The van der Waals surface area contributed by atoms with E-state index in [0.29, 0.717) is 11.6 Å². The van der Waals surface area contributed by atoms with Gasteiger partial charge in [0.15, 0.2) is 0 Å². The van der Waals surface area contributed by atoms with E-state index in [-0.39, 0.29) is 12.5 Å². The Morgan fingerprint density at radius 3 is 2.50 bits per heavy atom. The van der Waals surface area contributed by atoms with Crippen LogP contribution in [0.4, 0.5) is 10.5 Å². The second kappa shape index (κ2) is 8.27. The number of anilines is 1. The standard InChI is InChI=1S/C20H22N2O3S/c1-14-7-6-8-15(2)18(14)21-19(23)17-12-26-13-22(17)20(24)25-11-16-9-4-3-5-10-16/h3-10,17H,11-13H2,1-2H3,(H,21,23)/t17-/m0/s1. The van der Waals surface area contributed by atoms with Crippen molar-refractivity contribution >= 4 is 29.4 Å². The van der Waals surface area contributed by atoms with Crippen LogP contribution in [0.25, 0.3) is 0 Å². The highest BCUT2D eigenvalue weighted by Gasteiger charge is 2.36. The van der Waals surface area contributed by atoms with Crippen LogP contribution in [0, 0.1) is 13.8 Å². The molecule has 2 aromatic carbocycles. The molecule has 1 saturated heterocycles. The Labute approximate surface area is 157 Å². The Hall–Kier alpha value is -2.47. The van der Waals surface area contributed by atoms with Crippen molar-refractivity contribution in [3.63, 3.8) is 0 Å².